The lowest BCUT2D eigenvalue weighted by molar-refractivity contribution is -0.116. The van der Waals surface area contributed by atoms with Crippen LogP contribution in [-0.4, -0.2) is 24.7 Å². The third kappa shape index (κ3) is 3.12. The maximum atomic E-state index is 11.4. The summed E-state index contributed by atoms with van der Waals surface area (Å²) in [5.74, 6) is 0.00852. The van der Waals surface area contributed by atoms with E-state index in [1.54, 1.807) is 27.7 Å². The fourth-order valence-electron chi connectivity index (χ4n) is 1.24. The lowest BCUT2D eigenvalue weighted by Gasteiger charge is -2.15. The molecule has 0 amide bonds. The van der Waals surface area contributed by atoms with Gasteiger partial charge in [-0.2, -0.15) is 0 Å². The fraction of sp³-hybridized carbons (Fsp3) is 0.500. The van der Waals surface area contributed by atoms with E-state index in [9.17, 15) is 9.59 Å². The minimum Gasteiger partial charge on any atom is -0.329 e. The van der Waals surface area contributed by atoms with Crippen LogP contribution >= 0.6 is 0 Å². The summed E-state index contributed by atoms with van der Waals surface area (Å²) in [5, 5.41) is 0. The van der Waals surface area contributed by atoms with Crippen molar-refractivity contribution in [1.29, 1.82) is 0 Å². The van der Waals surface area contributed by atoms with Gasteiger partial charge in [0, 0.05) is 35.4 Å². The first-order chi connectivity index (χ1) is 7.38. The normalized spacial score (nSPS) is 16.4. The Morgan fingerprint density at radius 2 is 0.875 bits per heavy atom. The molecule has 0 radical (unpaired) electrons. The van der Waals surface area contributed by atoms with Gasteiger partial charge in [0.05, 0.1) is 0 Å². The minimum absolute atomic E-state index is 0.00426. The SMILES string of the molecule is CC1=C(C)C(=O)C(C)=C(C)C1=O.NCCN. The Hall–Kier alpha value is -1.26. The summed E-state index contributed by atoms with van der Waals surface area (Å²) in [6, 6.07) is 0. The number of hydrogen-bond donors (Lipinski definition) is 2. The van der Waals surface area contributed by atoms with Gasteiger partial charge in [0.25, 0.3) is 0 Å². The highest BCUT2D eigenvalue weighted by Crippen LogP contribution is 2.23. The summed E-state index contributed by atoms with van der Waals surface area (Å²) in [6.07, 6.45) is 0. The van der Waals surface area contributed by atoms with Gasteiger partial charge < -0.3 is 11.5 Å². The molecular weight excluding hydrogens is 204 g/mol. The van der Waals surface area contributed by atoms with Gasteiger partial charge in [0.2, 0.25) is 0 Å². The van der Waals surface area contributed by atoms with Gasteiger partial charge in [-0.05, 0) is 27.7 Å². The molecule has 0 saturated carbocycles. The van der Waals surface area contributed by atoms with E-state index in [1.807, 2.05) is 0 Å². The Bertz CT molecular complexity index is 301. The van der Waals surface area contributed by atoms with E-state index in [-0.39, 0.29) is 11.6 Å². The molecule has 0 unspecified atom stereocenters. The number of Topliss-reactive ketones (excluding diaryl/α,β-unsaturated/α-hetero) is 2. The van der Waals surface area contributed by atoms with Crippen LogP contribution in [-0.2, 0) is 9.59 Å². The molecule has 16 heavy (non-hydrogen) atoms. The quantitative estimate of drug-likeness (QED) is 0.642. The maximum absolute atomic E-state index is 11.4. The van der Waals surface area contributed by atoms with E-state index >= 15 is 0 Å². The smallest absolute Gasteiger partial charge is 0.185 e. The monoisotopic (exact) mass is 224 g/mol. The van der Waals surface area contributed by atoms with E-state index in [0.717, 1.165) is 0 Å². The van der Waals surface area contributed by atoms with Crippen molar-refractivity contribution in [3.63, 3.8) is 0 Å². The Kier molecular flexibility index (Phi) is 5.85. The molecule has 0 heterocycles. The molecule has 0 aromatic heterocycles. The molecule has 0 bridgehead atoms. The van der Waals surface area contributed by atoms with Crippen LogP contribution in [0.2, 0.25) is 0 Å². The summed E-state index contributed by atoms with van der Waals surface area (Å²) in [4.78, 5) is 22.8. The van der Waals surface area contributed by atoms with Crippen LogP contribution in [0.15, 0.2) is 22.3 Å². The molecule has 0 aromatic carbocycles. The fourth-order valence-corrected chi connectivity index (χ4v) is 1.24. The largest absolute Gasteiger partial charge is 0.329 e. The number of carbonyl (C=O) groups is 2. The Morgan fingerprint density at radius 1 is 0.688 bits per heavy atom. The highest BCUT2D eigenvalue weighted by molar-refractivity contribution is 6.24. The van der Waals surface area contributed by atoms with Crippen LogP contribution in [0.1, 0.15) is 27.7 Å². The van der Waals surface area contributed by atoms with E-state index < -0.39 is 0 Å². The van der Waals surface area contributed by atoms with Gasteiger partial charge in [-0.3, -0.25) is 9.59 Å². The van der Waals surface area contributed by atoms with E-state index in [4.69, 9.17) is 11.5 Å². The minimum atomic E-state index is 0.00426. The standard InChI is InChI=1S/C10H12O2.C2H8N2/c1-5-6(2)10(12)8(4)7(3)9(5)11;3-1-2-4/h1-4H3;1-4H2. The third-order valence-corrected chi connectivity index (χ3v) is 2.65. The molecule has 1 aliphatic carbocycles. The summed E-state index contributed by atoms with van der Waals surface area (Å²) in [7, 11) is 0. The van der Waals surface area contributed by atoms with Gasteiger partial charge in [-0.1, -0.05) is 0 Å². The molecule has 4 heteroatoms. The van der Waals surface area contributed by atoms with Gasteiger partial charge >= 0.3 is 0 Å². The predicted octanol–water partition coefficient (Wildman–Crippen LogP) is 0.715. The second kappa shape index (κ2) is 6.35. The second-order valence-electron chi connectivity index (χ2n) is 3.74. The van der Waals surface area contributed by atoms with Gasteiger partial charge in [-0.25, -0.2) is 0 Å². The summed E-state index contributed by atoms with van der Waals surface area (Å²) >= 11 is 0. The molecule has 4 nitrogen and oxygen atoms in total. The average molecular weight is 224 g/mol. The topological polar surface area (TPSA) is 86.2 Å². The Balaban J connectivity index is 0.000000487. The Labute approximate surface area is 96.4 Å². The molecule has 1 rings (SSSR count). The van der Waals surface area contributed by atoms with Crippen molar-refractivity contribution in [1.82, 2.24) is 0 Å². The molecule has 4 N–H and O–H groups in total. The number of rotatable bonds is 1. The molecule has 0 spiro atoms. The number of ketones is 2. The number of carbonyl (C=O) groups excluding carboxylic acids is 2. The van der Waals surface area contributed by atoms with E-state index in [2.05, 4.69) is 0 Å². The highest BCUT2D eigenvalue weighted by atomic mass is 16.1. The zero-order valence-electron chi connectivity index (χ0n) is 10.4. The zero-order valence-corrected chi connectivity index (χ0v) is 10.4. The van der Waals surface area contributed by atoms with Crippen molar-refractivity contribution in [3.8, 4) is 0 Å². The zero-order chi connectivity index (χ0) is 12.9. The third-order valence-electron chi connectivity index (χ3n) is 2.65. The second-order valence-corrected chi connectivity index (χ2v) is 3.74. The average Bonchev–Trinajstić information content (AvgIpc) is 2.31. The lowest BCUT2D eigenvalue weighted by atomic mass is 9.87. The highest BCUT2D eigenvalue weighted by Gasteiger charge is 2.24. The number of nitrogens with two attached hydrogens (primary N) is 2. The summed E-state index contributed by atoms with van der Waals surface area (Å²) in [5.41, 5.74) is 12.2. The first-order valence-electron chi connectivity index (χ1n) is 5.22. The van der Waals surface area contributed by atoms with Crippen molar-refractivity contribution in [2.24, 2.45) is 11.5 Å². The molecule has 0 fully saturated rings. The molecule has 0 aromatic rings. The summed E-state index contributed by atoms with van der Waals surface area (Å²) in [6.45, 7) is 7.99. The van der Waals surface area contributed by atoms with Crippen LogP contribution in [0.25, 0.3) is 0 Å². The van der Waals surface area contributed by atoms with Crippen LogP contribution in [0.4, 0.5) is 0 Å². The molecule has 90 valence electrons. The van der Waals surface area contributed by atoms with Crippen molar-refractivity contribution >= 4 is 11.6 Å². The molecule has 0 saturated heterocycles. The molecule has 1 aliphatic rings. The van der Waals surface area contributed by atoms with E-state index in [0.29, 0.717) is 35.4 Å². The van der Waals surface area contributed by atoms with Crippen molar-refractivity contribution < 1.29 is 9.59 Å². The Morgan fingerprint density at radius 3 is 1.00 bits per heavy atom. The molecular formula is C12H20N2O2. The van der Waals surface area contributed by atoms with Crippen LogP contribution in [0, 0.1) is 0 Å². The van der Waals surface area contributed by atoms with Gasteiger partial charge in [0.1, 0.15) is 0 Å². The summed E-state index contributed by atoms with van der Waals surface area (Å²) < 4.78 is 0. The first-order valence-corrected chi connectivity index (χ1v) is 5.22. The van der Waals surface area contributed by atoms with E-state index in [1.165, 1.54) is 0 Å². The maximum Gasteiger partial charge on any atom is 0.185 e. The number of hydrogen-bond acceptors (Lipinski definition) is 4. The molecule has 0 atom stereocenters. The van der Waals surface area contributed by atoms with Crippen molar-refractivity contribution in [2.75, 3.05) is 13.1 Å². The predicted molar refractivity (Wildman–Crippen MR) is 64.9 cm³/mol. The van der Waals surface area contributed by atoms with Crippen molar-refractivity contribution in [2.45, 2.75) is 27.7 Å². The lowest BCUT2D eigenvalue weighted by Crippen LogP contribution is -2.18. The van der Waals surface area contributed by atoms with Crippen LogP contribution in [0.3, 0.4) is 0 Å². The van der Waals surface area contributed by atoms with Gasteiger partial charge in [0.15, 0.2) is 11.6 Å². The van der Waals surface area contributed by atoms with Crippen molar-refractivity contribution in [3.05, 3.63) is 22.3 Å². The molecule has 0 aliphatic heterocycles. The first kappa shape index (κ1) is 14.7. The van der Waals surface area contributed by atoms with Gasteiger partial charge in [-0.15, -0.1) is 0 Å². The van der Waals surface area contributed by atoms with Crippen LogP contribution < -0.4 is 11.5 Å². The number of allylic oxidation sites excluding steroid dienone is 4. The van der Waals surface area contributed by atoms with Crippen LogP contribution in [0.5, 0.6) is 0 Å².